The van der Waals surface area contributed by atoms with E-state index in [4.69, 9.17) is 9.84 Å². The molecule has 5 nitrogen and oxygen atoms in total. The summed E-state index contributed by atoms with van der Waals surface area (Å²) in [5.74, 6) is -0.320. The topological polar surface area (TPSA) is 75.6 Å². The first-order valence-corrected chi connectivity index (χ1v) is 7.61. The van der Waals surface area contributed by atoms with Gasteiger partial charge in [-0.1, -0.05) is 6.07 Å². The minimum Gasteiger partial charge on any atom is -0.478 e. The number of aromatic carboxylic acids is 1. The Hall–Kier alpha value is -1.69. The Morgan fingerprint density at radius 1 is 1.38 bits per heavy atom. The Bertz CT molecular complexity index is 511. The van der Waals surface area contributed by atoms with Crippen molar-refractivity contribution in [3.05, 3.63) is 29.8 Å². The number of benzene rings is 1. The minimum absolute atomic E-state index is 0.0849. The molecule has 0 aromatic heterocycles. The van der Waals surface area contributed by atoms with Crippen molar-refractivity contribution < 1.29 is 19.4 Å². The van der Waals surface area contributed by atoms with Gasteiger partial charge in [-0.05, 0) is 45.9 Å². The number of thioether (sulfide) groups is 1. The van der Waals surface area contributed by atoms with Crippen LogP contribution in [-0.4, -0.2) is 34.6 Å². The van der Waals surface area contributed by atoms with Gasteiger partial charge in [-0.2, -0.15) is 0 Å². The predicted octanol–water partition coefficient (Wildman–Crippen LogP) is 3.39. The maximum Gasteiger partial charge on any atom is 0.407 e. The van der Waals surface area contributed by atoms with Gasteiger partial charge in [0.15, 0.2) is 0 Å². The summed E-state index contributed by atoms with van der Waals surface area (Å²) in [4.78, 5) is 23.3. The number of alkyl carbamates (subject to hydrolysis) is 1. The summed E-state index contributed by atoms with van der Waals surface area (Å²) in [6.07, 6.45) is -0.449. The number of carboxylic acids is 1. The molecule has 1 atom stereocenters. The van der Waals surface area contributed by atoms with Crippen LogP contribution in [0.3, 0.4) is 0 Å². The van der Waals surface area contributed by atoms with E-state index in [1.165, 1.54) is 11.8 Å². The highest BCUT2D eigenvalue weighted by molar-refractivity contribution is 7.99. The molecule has 0 fully saturated rings. The Morgan fingerprint density at radius 2 is 2.05 bits per heavy atom. The fourth-order valence-corrected chi connectivity index (χ4v) is 2.40. The molecule has 116 valence electrons. The van der Waals surface area contributed by atoms with Crippen LogP contribution in [0.2, 0.25) is 0 Å². The van der Waals surface area contributed by atoms with Crippen molar-refractivity contribution in [2.24, 2.45) is 0 Å². The molecule has 0 radical (unpaired) electrons. The van der Waals surface area contributed by atoms with E-state index in [2.05, 4.69) is 5.32 Å². The van der Waals surface area contributed by atoms with Gasteiger partial charge >= 0.3 is 12.1 Å². The molecule has 1 aromatic carbocycles. The second-order valence-corrected chi connectivity index (χ2v) is 6.78. The van der Waals surface area contributed by atoms with Crippen LogP contribution >= 0.6 is 11.8 Å². The summed E-state index contributed by atoms with van der Waals surface area (Å²) < 4.78 is 5.17. The van der Waals surface area contributed by atoms with Gasteiger partial charge in [0.1, 0.15) is 5.60 Å². The molecule has 0 saturated carbocycles. The summed E-state index contributed by atoms with van der Waals surface area (Å²) >= 11 is 1.49. The van der Waals surface area contributed by atoms with Crippen molar-refractivity contribution in [2.75, 3.05) is 5.75 Å². The molecule has 21 heavy (non-hydrogen) atoms. The van der Waals surface area contributed by atoms with Crippen LogP contribution in [0.15, 0.2) is 29.2 Å². The number of rotatable bonds is 5. The number of amides is 1. The van der Waals surface area contributed by atoms with Crippen molar-refractivity contribution in [2.45, 2.75) is 44.2 Å². The molecule has 0 heterocycles. The number of hydrogen-bond acceptors (Lipinski definition) is 4. The summed E-state index contributed by atoms with van der Waals surface area (Å²) in [6, 6.07) is 6.63. The zero-order valence-corrected chi connectivity index (χ0v) is 13.5. The van der Waals surface area contributed by atoms with E-state index in [0.29, 0.717) is 5.75 Å². The Labute approximate surface area is 129 Å². The molecule has 6 heteroatoms. The average molecular weight is 311 g/mol. The van der Waals surface area contributed by atoms with E-state index in [1.807, 2.05) is 33.8 Å². The third-order valence-electron chi connectivity index (χ3n) is 2.34. The summed E-state index contributed by atoms with van der Waals surface area (Å²) in [5.41, 5.74) is -0.264. The van der Waals surface area contributed by atoms with Crippen LogP contribution in [0, 0.1) is 0 Å². The third kappa shape index (κ3) is 7.04. The van der Waals surface area contributed by atoms with E-state index in [0.717, 1.165) is 4.90 Å². The standard InChI is InChI=1S/C15H21NO4S/c1-10(16-14(19)20-15(2,3)4)9-21-12-7-5-6-11(8-12)13(17)18/h5-8,10H,9H2,1-4H3,(H,16,19)(H,17,18). The summed E-state index contributed by atoms with van der Waals surface area (Å²) in [5, 5.41) is 11.7. The van der Waals surface area contributed by atoms with E-state index in [9.17, 15) is 9.59 Å². The van der Waals surface area contributed by atoms with Gasteiger partial charge < -0.3 is 15.2 Å². The Kier molecular flexibility index (Phi) is 6.08. The lowest BCUT2D eigenvalue weighted by Crippen LogP contribution is -2.38. The predicted molar refractivity (Wildman–Crippen MR) is 83.0 cm³/mol. The van der Waals surface area contributed by atoms with Crippen molar-refractivity contribution in [1.29, 1.82) is 0 Å². The van der Waals surface area contributed by atoms with Crippen LogP contribution in [0.25, 0.3) is 0 Å². The maximum absolute atomic E-state index is 11.6. The number of hydrogen-bond donors (Lipinski definition) is 2. The fraction of sp³-hybridized carbons (Fsp3) is 0.467. The van der Waals surface area contributed by atoms with Crippen LogP contribution in [0.4, 0.5) is 4.79 Å². The fourth-order valence-electron chi connectivity index (χ4n) is 1.49. The quantitative estimate of drug-likeness (QED) is 0.815. The van der Waals surface area contributed by atoms with E-state index in [-0.39, 0.29) is 11.6 Å². The lowest BCUT2D eigenvalue weighted by atomic mass is 10.2. The van der Waals surface area contributed by atoms with Crippen molar-refractivity contribution in [3.8, 4) is 0 Å². The molecule has 1 rings (SSSR count). The molecular weight excluding hydrogens is 290 g/mol. The molecule has 0 spiro atoms. The molecule has 1 amide bonds. The lowest BCUT2D eigenvalue weighted by Gasteiger charge is -2.21. The zero-order chi connectivity index (χ0) is 16.0. The molecule has 0 aliphatic rings. The molecule has 2 N–H and O–H groups in total. The number of carbonyl (C=O) groups excluding carboxylic acids is 1. The van der Waals surface area contributed by atoms with Gasteiger partial charge in [-0.25, -0.2) is 9.59 Å². The molecule has 0 saturated heterocycles. The molecule has 0 bridgehead atoms. The van der Waals surface area contributed by atoms with Crippen molar-refractivity contribution >= 4 is 23.8 Å². The van der Waals surface area contributed by atoms with E-state index < -0.39 is 17.7 Å². The number of carboxylic acid groups (broad SMARTS) is 1. The van der Waals surface area contributed by atoms with Gasteiger partial charge in [0, 0.05) is 16.7 Å². The maximum atomic E-state index is 11.6. The SMILES string of the molecule is CC(CSc1cccc(C(=O)O)c1)NC(=O)OC(C)(C)C. The third-order valence-corrected chi connectivity index (χ3v) is 3.60. The molecular formula is C15H21NO4S. The Balaban J connectivity index is 2.46. The molecule has 0 aliphatic heterocycles. The van der Waals surface area contributed by atoms with Crippen LogP contribution < -0.4 is 5.32 Å². The van der Waals surface area contributed by atoms with Crippen LogP contribution in [0.5, 0.6) is 0 Å². The minimum atomic E-state index is -0.947. The monoisotopic (exact) mass is 311 g/mol. The number of nitrogens with one attached hydrogen (secondary N) is 1. The highest BCUT2D eigenvalue weighted by Crippen LogP contribution is 2.20. The van der Waals surface area contributed by atoms with Gasteiger partial charge in [-0.3, -0.25) is 0 Å². The molecule has 1 aromatic rings. The normalized spacial score (nSPS) is 12.6. The first-order valence-electron chi connectivity index (χ1n) is 6.63. The van der Waals surface area contributed by atoms with Gasteiger partial charge in [0.2, 0.25) is 0 Å². The lowest BCUT2D eigenvalue weighted by molar-refractivity contribution is 0.0513. The number of carbonyl (C=O) groups is 2. The smallest absolute Gasteiger partial charge is 0.407 e. The molecule has 0 aliphatic carbocycles. The van der Waals surface area contributed by atoms with Gasteiger partial charge in [-0.15, -0.1) is 11.8 Å². The van der Waals surface area contributed by atoms with Crippen molar-refractivity contribution in [1.82, 2.24) is 5.32 Å². The zero-order valence-electron chi connectivity index (χ0n) is 12.7. The summed E-state index contributed by atoms with van der Waals surface area (Å²) in [7, 11) is 0. The molecule has 1 unspecified atom stereocenters. The van der Waals surface area contributed by atoms with Crippen LogP contribution in [-0.2, 0) is 4.74 Å². The number of ether oxygens (including phenoxy) is 1. The first-order chi connectivity index (χ1) is 9.67. The largest absolute Gasteiger partial charge is 0.478 e. The van der Waals surface area contributed by atoms with Gasteiger partial charge in [0.25, 0.3) is 0 Å². The second-order valence-electron chi connectivity index (χ2n) is 5.69. The van der Waals surface area contributed by atoms with Crippen molar-refractivity contribution in [3.63, 3.8) is 0 Å². The highest BCUT2D eigenvalue weighted by Gasteiger charge is 2.17. The average Bonchev–Trinajstić information content (AvgIpc) is 2.34. The van der Waals surface area contributed by atoms with E-state index in [1.54, 1.807) is 18.2 Å². The first kappa shape index (κ1) is 17.4. The summed E-state index contributed by atoms with van der Waals surface area (Å²) in [6.45, 7) is 7.30. The highest BCUT2D eigenvalue weighted by atomic mass is 32.2. The van der Waals surface area contributed by atoms with Gasteiger partial charge in [0.05, 0.1) is 5.56 Å². The van der Waals surface area contributed by atoms with Crippen LogP contribution in [0.1, 0.15) is 38.1 Å². The Morgan fingerprint density at radius 3 is 2.62 bits per heavy atom. The second kappa shape index (κ2) is 7.36. The van der Waals surface area contributed by atoms with E-state index >= 15 is 0 Å².